The van der Waals surface area contributed by atoms with E-state index in [-0.39, 0.29) is 5.92 Å². The Morgan fingerprint density at radius 2 is 2.19 bits per heavy atom. The molecule has 3 rings (SSSR count). The molecule has 0 aliphatic heterocycles. The van der Waals surface area contributed by atoms with Crippen LogP contribution in [-0.4, -0.2) is 27.2 Å². The van der Waals surface area contributed by atoms with Crippen LogP contribution in [0.4, 0.5) is 0 Å². The van der Waals surface area contributed by atoms with Crippen molar-refractivity contribution in [1.82, 2.24) is 20.1 Å². The quantitative estimate of drug-likeness (QED) is 0.728. The minimum Gasteiger partial charge on any atom is -0.497 e. The van der Waals surface area contributed by atoms with Crippen LogP contribution < -0.4 is 4.74 Å². The highest BCUT2D eigenvalue weighted by atomic mass is 32.2. The van der Waals surface area contributed by atoms with Crippen molar-refractivity contribution in [2.45, 2.75) is 30.7 Å². The number of benzene rings is 1. The van der Waals surface area contributed by atoms with Crippen LogP contribution in [0.3, 0.4) is 0 Å². The molecular formula is C14H16N4O2S. The Balaban J connectivity index is 1.72. The van der Waals surface area contributed by atoms with Crippen molar-refractivity contribution < 1.29 is 9.26 Å². The zero-order valence-electron chi connectivity index (χ0n) is 12.1. The predicted molar refractivity (Wildman–Crippen MR) is 80.6 cm³/mol. The van der Waals surface area contributed by atoms with E-state index in [1.807, 2.05) is 32.0 Å². The lowest BCUT2D eigenvalue weighted by molar-refractivity contribution is 0.383. The van der Waals surface area contributed by atoms with Crippen molar-refractivity contribution in [3.05, 3.63) is 29.9 Å². The average molecular weight is 304 g/mol. The van der Waals surface area contributed by atoms with E-state index in [0.29, 0.717) is 11.6 Å². The van der Waals surface area contributed by atoms with Gasteiger partial charge in [0.15, 0.2) is 11.0 Å². The van der Waals surface area contributed by atoms with E-state index in [2.05, 4.69) is 20.1 Å². The van der Waals surface area contributed by atoms with Crippen LogP contribution in [0.25, 0.3) is 11.0 Å². The second-order valence-electron chi connectivity index (χ2n) is 4.91. The van der Waals surface area contributed by atoms with Crippen LogP contribution in [0, 0.1) is 0 Å². The molecule has 0 fully saturated rings. The van der Waals surface area contributed by atoms with Crippen molar-refractivity contribution in [2.24, 2.45) is 0 Å². The first kappa shape index (κ1) is 13.9. The summed E-state index contributed by atoms with van der Waals surface area (Å²) < 4.78 is 10.4. The second-order valence-corrected chi connectivity index (χ2v) is 5.88. The third-order valence-electron chi connectivity index (χ3n) is 3.00. The third-order valence-corrected chi connectivity index (χ3v) is 3.86. The summed E-state index contributed by atoms with van der Waals surface area (Å²) in [6.07, 6.45) is 0. The predicted octanol–water partition coefficient (Wildman–Crippen LogP) is 3.37. The van der Waals surface area contributed by atoms with Gasteiger partial charge in [-0.15, -0.1) is 0 Å². The monoisotopic (exact) mass is 304 g/mol. The molecule has 0 aliphatic rings. The van der Waals surface area contributed by atoms with Gasteiger partial charge in [-0.1, -0.05) is 30.8 Å². The van der Waals surface area contributed by atoms with Gasteiger partial charge in [-0.25, -0.2) is 4.98 Å². The molecule has 7 heteroatoms. The maximum Gasteiger partial charge on any atom is 0.237 e. The molecule has 0 spiro atoms. The van der Waals surface area contributed by atoms with Gasteiger partial charge in [0.1, 0.15) is 5.75 Å². The number of methoxy groups -OCH3 is 1. The first-order valence-electron chi connectivity index (χ1n) is 6.64. The summed E-state index contributed by atoms with van der Waals surface area (Å²) in [6.45, 7) is 4.07. The standard InChI is InChI=1S/C14H16N4O2S/c1-8(2)13-17-12(20-18-13)7-21-14-15-10-5-4-9(19-3)6-11(10)16-14/h4-6,8H,7H2,1-3H3,(H,15,16). The summed E-state index contributed by atoms with van der Waals surface area (Å²) in [5.41, 5.74) is 1.86. The van der Waals surface area contributed by atoms with E-state index in [0.717, 1.165) is 27.8 Å². The molecular weight excluding hydrogens is 288 g/mol. The largest absolute Gasteiger partial charge is 0.497 e. The van der Waals surface area contributed by atoms with Crippen LogP contribution in [-0.2, 0) is 5.75 Å². The molecule has 2 heterocycles. The molecule has 0 radical (unpaired) electrons. The average Bonchev–Trinajstić information content (AvgIpc) is 3.10. The van der Waals surface area contributed by atoms with Crippen LogP contribution in [0.1, 0.15) is 31.5 Å². The van der Waals surface area contributed by atoms with Crippen LogP contribution in [0.2, 0.25) is 0 Å². The Labute approximate surface area is 126 Å². The number of hydrogen-bond donors (Lipinski definition) is 1. The van der Waals surface area contributed by atoms with Crippen LogP contribution >= 0.6 is 11.8 Å². The van der Waals surface area contributed by atoms with Gasteiger partial charge in [-0.3, -0.25) is 0 Å². The zero-order valence-corrected chi connectivity index (χ0v) is 12.9. The van der Waals surface area contributed by atoms with Gasteiger partial charge in [0.2, 0.25) is 5.89 Å². The molecule has 0 amide bonds. The van der Waals surface area contributed by atoms with E-state index in [1.54, 1.807) is 7.11 Å². The first-order valence-corrected chi connectivity index (χ1v) is 7.63. The van der Waals surface area contributed by atoms with Crippen molar-refractivity contribution in [3.63, 3.8) is 0 Å². The molecule has 1 aromatic carbocycles. The number of aromatic amines is 1. The van der Waals surface area contributed by atoms with Gasteiger partial charge in [-0.2, -0.15) is 4.98 Å². The molecule has 0 saturated carbocycles. The van der Waals surface area contributed by atoms with Gasteiger partial charge in [0.05, 0.1) is 23.9 Å². The normalized spacial score (nSPS) is 11.4. The Kier molecular flexibility index (Phi) is 3.83. The van der Waals surface area contributed by atoms with E-state index in [4.69, 9.17) is 9.26 Å². The van der Waals surface area contributed by atoms with Crippen LogP contribution in [0.15, 0.2) is 27.9 Å². The minimum atomic E-state index is 0.270. The molecule has 21 heavy (non-hydrogen) atoms. The fourth-order valence-electron chi connectivity index (χ4n) is 1.85. The fourth-order valence-corrected chi connectivity index (χ4v) is 2.57. The number of H-pyrrole nitrogens is 1. The van der Waals surface area contributed by atoms with Gasteiger partial charge >= 0.3 is 0 Å². The molecule has 2 aromatic heterocycles. The molecule has 0 aliphatic carbocycles. The minimum absolute atomic E-state index is 0.270. The molecule has 0 saturated heterocycles. The molecule has 6 nitrogen and oxygen atoms in total. The van der Waals surface area contributed by atoms with Crippen molar-refractivity contribution in [3.8, 4) is 5.75 Å². The Morgan fingerprint density at radius 1 is 1.33 bits per heavy atom. The molecule has 0 unspecified atom stereocenters. The molecule has 0 atom stereocenters. The molecule has 3 aromatic rings. The number of aromatic nitrogens is 4. The van der Waals surface area contributed by atoms with E-state index < -0.39 is 0 Å². The van der Waals surface area contributed by atoms with Gasteiger partial charge in [0, 0.05) is 12.0 Å². The Bertz CT molecular complexity index is 750. The van der Waals surface area contributed by atoms with E-state index in [1.165, 1.54) is 11.8 Å². The number of hydrogen-bond acceptors (Lipinski definition) is 6. The van der Waals surface area contributed by atoms with Gasteiger partial charge in [0.25, 0.3) is 0 Å². The van der Waals surface area contributed by atoms with Gasteiger partial charge in [-0.05, 0) is 12.1 Å². The fraction of sp³-hybridized carbons (Fsp3) is 0.357. The highest BCUT2D eigenvalue weighted by Crippen LogP contribution is 2.25. The van der Waals surface area contributed by atoms with E-state index in [9.17, 15) is 0 Å². The number of ether oxygens (including phenoxy) is 1. The number of thioether (sulfide) groups is 1. The van der Waals surface area contributed by atoms with Gasteiger partial charge < -0.3 is 14.2 Å². The maximum absolute atomic E-state index is 5.21. The topological polar surface area (TPSA) is 76.8 Å². The van der Waals surface area contributed by atoms with Crippen molar-refractivity contribution in [1.29, 1.82) is 0 Å². The zero-order chi connectivity index (χ0) is 14.8. The molecule has 1 N–H and O–H groups in total. The summed E-state index contributed by atoms with van der Waals surface area (Å²) in [5.74, 6) is 3.02. The summed E-state index contributed by atoms with van der Waals surface area (Å²) in [7, 11) is 1.65. The molecule has 110 valence electrons. The first-order chi connectivity index (χ1) is 10.2. The van der Waals surface area contributed by atoms with Crippen molar-refractivity contribution >= 4 is 22.8 Å². The maximum atomic E-state index is 5.21. The summed E-state index contributed by atoms with van der Waals surface area (Å²) in [6, 6.07) is 5.75. The SMILES string of the molecule is COc1ccc2nc(SCc3nc(C(C)C)no3)[nH]c2c1. The Hall–Kier alpha value is -2.02. The smallest absolute Gasteiger partial charge is 0.237 e. The van der Waals surface area contributed by atoms with Crippen molar-refractivity contribution in [2.75, 3.05) is 7.11 Å². The summed E-state index contributed by atoms with van der Waals surface area (Å²) in [5, 5.41) is 4.77. The highest BCUT2D eigenvalue weighted by Gasteiger charge is 2.11. The summed E-state index contributed by atoms with van der Waals surface area (Å²) >= 11 is 1.53. The second kappa shape index (κ2) is 5.77. The highest BCUT2D eigenvalue weighted by molar-refractivity contribution is 7.98. The number of nitrogens with one attached hydrogen (secondary N) is 1. The van der Waals surface area contributed by atoms with E-state index >= 15 is 0 Å². The number of fused-ring (bicyclic) bond motifs is 1. The lowest BCUT2D eigenvalue weighted by atomic mass is 10.2. The number of nitrogens with zero attached hydrogens (tertiary/aromatic N) is 3. The third kappa shape index (κ3) is 3.02. The lowest BCUT2D eigenvalue weighted by Gasteiger charge is -1.96. The Morgan fingerprint density at radius 3 is 2.90 bits per heavy atom. The summed E-state index contributed by atoms with van der Waals surface area (Å²) in [4.78, 5) is 12.1. The number of rotatable bonds is 5. The lowest BCUT2D eigenvalue weighted by Crippen LogP contribution is -1.90. The number of imidazole rings is 1. The van der Waals surface area contributed by atoms with Crippen LogP contribution in [0.5, 0.6) is 5.75 Å². The molecule has 0 bridgehead atoms.